The largest absolute Gasteiger partial charge is 0.467 e. The normalized spacial score (nSPS) is 13.2. The van der Waals surface area contributed by atoms with E-state index in [-0.39, 0.29) is 28.8 Å². The maximum Gasteiger partial charge on any atom is 0.328 e. The van der Waals surface area contributed by atoms with Crippen LogP contribution in [0.25, 0.3) is 0 Å². The van der Waals surface area contributed by atoms with Crippen LogP contribution in [0, 0.1) is 15.3 Å². The van der Waals surface area contributed by atoms with Gasteiger partial charge in [0, 0.05) is 21.1 Å². The fourth-order valence-electron chi connectivity index (χ4n) is 3.69. The number of carbonyl (C=O) groups excluding carboxylic acids is 2. The van der Waals surface area contributed by atoms with Crippen LogP contribution in [0.1, 0.15) is 46.5 Å². The Bertz CT molecular complexity index is 1160. The zero-order chi connectivity index (χ0) is 27.0. The summed E-state index contributed by atoms with van der Waals surface area (Å²) in [6.45, 7) is 5.32. The number of methoxy groups -OCH3 is 1. The number of benzene rings is 2. The average Bonchev–Trinajstić information content (AvgIpc) is 2.82. The summed E-state index contributed by atoms with van der Waals surface area (Å²) >= 11 is 7.93. The number of hydrogen-bond acceptors (Lipinski definition) is 5. The van der Waals surface area contributed by atoms with E-state index < -0.39 is 33.9 Å². The molecule has 1 N–H and O–H groups in total. The highest BCUT2D eigenvalue weighted by Gasteiger charge is 2.31. The zero-order valence-electron chi connectivity index (χ0n) is 20.6. The number of esters is 1. The van der Waals surface area contributed by atoms with Crippen molar-refractivity contribution in [2.45, 2.75) is 63.4 Å². The van der Waals surface area contributed by atoms with E-state index in [2.05, 4.69) is 5.32 Å². The average molecular weight is 653 g/mol. The van der Waals surface area contributed by atoms with Gasteiger partial charge in [-0.2, -0.15) is 0 Å². The highest BCUT2D eigenvalue weighted by molar-refractivity contribution is 14.1. The number of amides is 1. The molecule has 2 aromatic carbocycles. The van der Waals surface area contributed by atoms with Gasteiger partial charge in [-0.3, -0.25) is 9.10 Å². The second-order valence-electron chi connectivity index (χ2n) is 8.76. The Balaban J connectivity index is 2.16. The Morgan fingerprint density at radius 3 is 2.33 bits per heavy atom. The summed E-state index contributed by atoms with van der Waals surface area (Å²) in [6.07, 6.45) is 1.52. The minimum absolute atomic E-state index is 0.000994. The quantitative estimate of drug-likeness (QED) is 0.185. The number of sulfonamides is 1. The van der Waals surface area contributed by atoms with Crippen molar-refractivity contribution in [2.24, 2.45) is 5.92 Å². The Morgan fingerprint density at radius 1 is 1.11 bits per heavy atom. The molecule has 0 unspecified atom stereocenters. The van der Waals surface area contributed by atoms with E-state index in [1.54, 1.807) is 13.0 Å². The standard InChI is InChI=1S/C25H31ClFIN2O5S/c1-16(2)24(25(32)35-4)29-23(31)8-6-5-7-17(3)30(22-15-19(28)11-14-21(22)27)36(33,34)20-12-9-18(26)10-13-20/h9-17,24H,5-8H2,1-4H3,(H,29,31)/t17-,24+/m1/s1. The van der Waals surface area contributed by atoms with Crippen LogP contribution in [0.3, 0.4) is 0 Å². The van der Waals surface area contributed by atoms with Crippen LogP contribution in [0.2, 0.25) is 5.02 Å². The molecule has 2 atom stereocenters. The summed E-state index contributed by atoms with van der Waals surface area (Å²) < 4.78 is 48.5. The van der Waals surface area contributed by atoms with Crippen molar-refractivity contribution in [3.05, 3.63) is 56.9 Å². The number of carbonyl (C=O) groups is 2. The minimum atomic E-state index is -4.10. The molecule has 0 bridgehead atoms. The SMILES string of the molecule is COC(=O)[C@@H](NC(=O)CCCC[C@@H](C)N(c1cc(I)ccc1F)S(=O)(=O)c1ccc(Cl)cc1)C(C)C. The molecule has 0 aliphatic carbocycles. The molecule has 0 aliphatic heterocycles. The highest BCUT2D eigenvalue weighted by atomic mass is 127. The maximum atomic E-state index is 14.8. The van der Waals surface area contributed by atoms with Crippen LogP contribution in [0.4, 0.5) is 10.1 Å². The van der Waals surface area contributed by atoms with Gasteiger partial charge < -0.3 is 10.1 Å². The number of ether oxygens (including phenoxy) is 1. The number of nitrogens with one attached hydrogen (secondary N) is 1. The second kappa shape index (κ2) is 13.6. The van der Waals surface area contributed by atoms with Gasteiger partial charge in [-0.25, -0.2) is 17.6 Å². The fourth-order valence-corrected chi connectivity index (χ4v) is 5.98. The molecule has 198 valence electrons. The predicted octanol–water partition coefficient (Wildman–Crippen LogP) is 5.54. The van der Waals surface area contributed by atoms with Crippen molar-refractivity contribution in [1.29, 1.82) is 0 Å². The van der Waals surface area contributed by atoms with Gasteiger partial charge in [0.2, 0.25) is 5.91 Å². The first kappa shape index (κ1) is 30.3. The molecule has 2 aromatic rings. The van der Waals surface area contributed by atoms with E-state index in [0.29, 0.717) is 27.9 Å². The topological polar surface area (TPSA) is 92.8 Å². The van der Waals surface area contributed by atoms with Gasteiger partial charge in [-0.1, -0.05) is 31.9 Å². The Hall–Kier alpha value is -1.92. The lowest BCUT2D eigenvalue weighted by molar-refractivity contribution is -0.146. The van der Waals surface area contributed by atoms with Crippen molar-refractivity contribution in [1.82, 2.24) is 5.32 Å². The second-order valence-corrected chi connectivity index (χ2v) is 12.3. The summed E-state index contributed by atoms with van der Waals surface area (Å²) in [4.78, 5) is 24.2. The molecule has 0 saturated carbocycles. The van der Waals surface area contributed by atoms with Gasteiger partial charge >= 0.3 is 5.97 Å². The predicted molar refractivity (Wildman–Crippen MR) is 147 cm³/mol. The van der Waals surface area contributed by atoms with Gasteiger partial charge in [-0.15, -0.1) is 0 Å². The van der Waals surface area contributed by atoms with Crippen molar-refractivity contribution >= 4 is 61.8 Å². The molecule has 7 nitrogen and oxygen atoms in total. The minimum Gasteiger partial charge on any atom is -0.467 e. The number of rotatable bonds is 12. The molecular formula is C25H31ClFIN2O5S. The number of nitrogens with zero attached hydrogens (tertiary/aromatic N) is 1. The zero-order valence-corrected chi connectivity index (χ0v) is 24.4. The molecule has 0 aliphatic rings. The summed E-state index contributed by atoms with van der Waals surface area (Å²) in [5, 5.41) is 3.08. The third-order valence-corrected chi connectivity index (χ3v) is 8.50. The lowest BCUT2D eigenvalue weighted by Crippen LogP contribution is -2.45. The van der Waals surface area contributed by atoms with Crippen molar-refractivity contribution in [3.63, 3.8) is 0 Å². The molecule has 0 aromatic heterocycles. The van der Waals surface area contributed by atoms with Crippen molar-refractivity contribution in [2.75, 3.05) is 11.4 Å². The van der Waals surface area contributed by atoms with Gasteiger partial charge in [0.25, 0.3) is 10.0 Å². The smallest absolute Gasteiger partial charge is 0.328 e. The Kier molecular flexibility index (Phi) is 11.4. The van der Waals surface area contributed by atoms with Crippen LogP contribution >= 0.6 is 34.2 Å². The van der Waals surface area contributed by atoms with Crippen LogP contribution in [-0.2, 0) is 24.3 Å². The molecule has 0 heterocycles. The van der Waals surface area contributed by atoms with E-state index in [4.69, 9.17) is 16.3 Å². The van der Waals surface area contributed by atoms with E-state index in [0.717, 1.165) is 4.31 Å². The fraction of sp³-hybridized carbons (Fsp3) is 0.440. The van der Waals surface area contributed by atoms with Gasteiger partial charge in [0.05, 0.1) is 17.7 Å². The van der Waals surface area contributed by atoms with E-state index >= 15 is 0 Å². The molecule has 0 saturated heterocycles. The molecular weight excluding hydrogens is 622 g/mol. The highest BCUT2D eigenvalue weighted by Crippen LogP contribution is 2.32. The summed E-state index contributed by atoms with van der Waals surface area (Å²) in [7, 11) is -2.83. The van der Waals surface area contributed by atoms with E-state index in [1.165, 1.54) is 43.5 Å². The number of halogens is 3. The lowest BCUT2D eigenvalue weighted by atomic mass is 10.0. The first-order chi connectivity index (χ1) is 16.9. The molecule has 36 heavy (non-hydrogen) atoms. The van der Waals surface area contributed by atoms with E-state index in [9.17, 15) is 22.4 Å². The lowest BCUT2D eigenvalue weighted by Gasteiger charge is -2.31. The molecule has 2 rings (SSSR count). The molecule has 11 heteroatoms. The van der Waals surface area contributed by atoms with Crippen LogP contribution in [0.15, 0.2) is 47.4 Å². The van der Waals surface area contributed by atoms with Crippen LogP contribution in [-0.4, -0.2) is 39.5 Å². The molecule has 0 radical (unpaired) electrons. The summed E-state index contributed by atoms with van der Waals surface area (Å²) in [5.74, 6) is -1.58. The first-order valence-corrected chi connectivity index (χ1v) is 14.4. The maximum absolute atomic E-state index is 14.8. The molecule has 0 spiro atoms. The Morgan fingerprint density at radius 2 is 1.75 bits per heavy atom. The van der Waals surface area contributed by atoms with Crippen LogP contribution < -0.4 is 9.62 Å². The third-order valence-electron chi connectivity index (χ3n) is 5.63. The van der Waals surface area contributed by atoms with Gasteiger partial charge in [0.15, 0.2) is 0 Å². The van der Waals surface area contributed by atoms with E-state index in [1.807, 2.05) is 36.4 Å². The third kappa shape index (κ3) is 8.04. The van der Waals surface area contributed by atoms with Gasteiger partial charge in [0.1, 0.15) is 11.9 Å². The number of anilines is 1. The summed E-state index contributed by atoms with van der Waals surface area (Å²) in [6, 6.07) is 8.69. The summed E-state index contributed by atoms with van der Waals surface area (Å²) in [5.41, 5.74) is -0.0417. The Labute approximate surface area is 230 Å². The van der Waals surface area contributed by atoms with Crippen molar-refractivity contribution in [3.8, 4) is 0 Å². The number of unbranched alkanes of at least 4 members (excludes halogenated alkanes) is 1. The number of hydrogen-bond donors (Lipinski definition) is 1. The molecule has 0 fully saturated rings. The van der Waals surface area contributed by atoms with Gasteiger partial charge in [-0.05, 0) is 90.7 Å². The first-order valence-electron chi connectivity index (χ1n) is 11.5. The molecule has 1 amide bonds. The van der Waals surface area contributed by atoms with Crippen molar-refractivity contribution < 1.29 is 27.1 Å². The monoisotopic (exact) mass is 652 g/mol. The van der Waals surface area contributed by atoms with Crippen LogP contribution in [0.5, 0.6) is 0 Å².